The zero-order chi connectivity index (χ0) is 12.6. The molecule has 0 bridgehead atoms. The topological polar surface area (TPSA) is 39.1 Å². The minimum atomic E-state index is -0.00639. The van der Waals surface area contributed by atoms with E-state index < -0.39 is 0 Å². The first-order valence-electron chi connectivity index (χ1n) is 7.05. The number of hydrogen-bond acceptors (Lipinski definition) is 3. The highest BCUT2D eigenvalue weighted by molar-refractivity contribution is 5.09. The lowest BCUT2D eigenvalue weighted by atomic mass is 9.93. The van der Waals surface area contributed by atoms with Crippen molar-refractivity contribution in [1.29, 1.82) is 0 Å². The molecule has 2 aliphatic heterocycles. The molecule has 2 atom stereocenters. The van der Waals surface area contributed by atoms with E-state index in [4.69, 9.17) is 4.74 Å². The van der Waals surface area contributed by atoms with Gasteiger partial charge in [-0.25, -0.2) is 4.98 Å². The van der Waals surface area contributed by atoms with Gasteiger partial charge in [-0.3, -0.25) is 0 Å². The summed E-state index contributed by atoms with van der Waals surface area (Å²) in [5.74, 6) is 0. The predicted octanol–water partition coefficient (Wildman–Crippen LogP) is 2.44. The maximum atomic E-state index is 5.81. The van der Waals surface area contributed by atoms with Crippen molar-refractivity contribution in [3.8, 4) is 0 Å². The van der Waals surface area contributed by atoms with Crippen LogP contribution >= 0.6 is 0 Å². The Hall–Kier alpha value is -0.870. The van der Waals surface area contributed by atoms with E-state index in [2.05, 4.69) is 28.7 Å². The highest BCUT2D eigenvalue weighted by Gasteiger charge is 2.31. The van der Waals surface area contributed by atoms with Crippen LogP contribution in [0.25, 0.3) is 0 Å². The van der Waals surface area contributed by atoms with Crippen molar-refractivity contribution in [2.45, 2.75) is 57.2 Å². The molecule has 2 saturated heterocycles. The molecule has 3 rings (SSSR count). The molecule has 100 valence electrons. The molecule has 1 N–H and O–H groups in total. The SMILES string of the molecule is CC1(C)CC(n2cncc2C2CCCN2)CCO1. The van der Waals surface area contributed by atoms with Gasteiger partial charge in [0.1, 0.15) is 0 Å². The number of aromatic nitrogens is 2. The van der Waals surface area contributed by atoms with Gasteiger partial charge in [-0.05, 0) is 46.1 Å². The van der Waals surface area contributed by atoms with Gasteiger partial charge < -0.3 is 14.6 Å². The maximum Gasteiger partial charge on any atom is 0.0951 e. The van der Waals surface area contributed by atoms with Crippen LogP contribution in [-0.2, 0) is 4.74 Å². The molecule has 0 aliphatic carbocycles. The van der Waals surface area contributed by atoms with Crippen LogP contribution in [-0.4, -0.2) is 28.3 Å². The standard InChI is InChI=1S/C14H23N3O/c1-14(2)8-11(5-7-18-14)17-10-15-9-13(17)12-4-3-6-16-12/h9-12,16H,3-8H2,1-2H3. The number of ether oxygens (including phenoxy) is 1. The van der Waals surface area contributed by atoms with Crippen LogP contribution in [0.3, 0.4) is 0 Å². The van der Waals surface area contributed by atoms with Crippen LogP contribution in [0.1, 0.15) is 57.3 Å². The van der Waals surface area contributed by atoms with E-state index in [0.29, 0.717) is 12.1 Å². The third kappa shape index (κ3) is 2.31. The Bertz CT molecular complexity index is 407. The van der Waals surface area contributed by atoms with E-state index in [1.807, 2.05) is 12.5 Å². The number of nitrogens with one attached hydrogen (secondary N) is 1. The fraction of sp³-hybridized carbons (Fsp3) is 0.786. The Kier molecular flexibility index (Phi) is 3.16. The van der Waals surface area contributed by atoms with Crippen LogP contribution in [0.2, 0.25) is 0 Å². The molecule has 2 unspecified atom stereocenters. The minimum absolute atomic E-state index is 0.00639. The molecule has 2 aliphatic rings. The molecular weight excluding hydrogens is 226 g/mol. The Labute approximate surface area is 109 Å². The number of rotatable bonds is 2. The van der Waals surface area contributed by atoms with E-state index in [-0.39, 0.29) is 5.60 Å². The summed E-state index contributed by atoms with van der Waals surface area (Å²) < 4.78 is 8.19. The van der Waals surface area contributed by atoms with Gasteiger partial charge in [0.15, 0.2) is 0 Å². The average Bonchev–Trinajstić information content (AvgIpc) is 2.98. The molecule has 0 amide bonds. The van der Waals surface area contributed by atoms with Gasteiger partial charge in [0.2, 0.25) is 0 Å². The van der Waals surface area contributed by atoms with Gasteiger partial charge >= 0.3 is 0 Å². The maximum absolute atomic E-state index is 5.81. The Balaban J connectivity index is 1.81. The average molecular weight is 249 g/mol. The Morgan fingerprint density at radius 2 is 2.33 bits per heavy atom. The first-order chi connectivity index (χ1) is 8.66. The van der Waals surface area contributed by atoms with Crippen LogP contribution in [0.15, 0.2) is 12.5 Å². The second-order valence-corrected chi connectivity index (χ2v) is 6.13. The third-order valence-corrected chi connectivity index (χ3v) is 4.18. The zero-order valence-electron chi connectivity index (χ0n) is 11.4. The molecule has 0 radical (unpaired) electrons. The molecule has 0 aromatic carbocycles. The quantitative estimate of drug-likeness (QED) is 0.875. The molecule has 2 fully saturated rings. The highest BCUT2D eigenvalue weighted by atomic mass is 16.5. The number of hydrogen-bond donors (Lipinski definition) is 1. The van der Waals surface area contributed by atoms with Gasteiger partial charge in [0, 0.05) is 24.9 Å². The molecular formula is C14H23N3O. The molecule has 1 aromatic heterocycles. The Morgan fingerprint density at radius 1 is 1.44 bits per heavy atom. The zero-order valence-corrected chi connectivity index (χ0v) is 11.4. The molecule has 3 heterocycles. The molecule has 18 heavy (non-hydrogen) atoms. The van der Waals surface area contributed by atoms with Gasteiger partial charge in [0.25, 0.3) is 0 Å². The lowest BCUT2D eigenvalue weighted by Gasteiger charge is -2.37. The van der Waals surface area contributed by atoms with Gasteiger partial charge in [-0.15, -0.1) is 0 Å². The molecule has 0 spiro atoms. The summed E-state index contributed by atoms with van der Waals surface area (Å²) in [7, 11) is 0. The van der Waals surface area contributed by atoms with Gasteiger partial charge in [-0.2, -0.15) is 0 Å². The molecule has 1 aromatic rings. The second kappa shape index (κ2) is 4.67. The van der Waals surface area contributed by atoms with Gasteiger partial charge in [-0.1, -0.05) is 0 Å². The normalized spacial score (nSPS) is 31.7. The molecule has 4 nitrogen and oxygen atoms in total. The van der Waals surface area contributed by atoms with Crippen LogP contribution < -0.4 is 5.32 Å². The third-order valence-electron chi connectivity index (χ3n) is 4.18. The van der Waals surface area contributed by atoms with Crippen LogP contribution in [0.5, 0.6) is 0 Å². The largest absolute Gasteiger partial charge is 0.375 e. The summed E-state index contributed by atoms with van der Waals surface area (Å²) in [4.78, 5) is 4.37. The van der Waals surface area contributed by atoms with Crippen LogP contribution in [0, 0.1) is 0 Å². The first kappa shape index (κ1) is 12.2. The summed E-state index contributed by atoms with van der Waals surface area (Å²) in [6, 6.07) is 1.03. The summed E-state index contributed by atoms with van der Waals surface area (Å²) in [6.45, 7) is 6.36. The minimum Gasteiger partial charge on any atom is -0.375 e. The monoisotopic (exact) mass is 249 g/mol. The second-order valence-electron chi connectivity index (χ2n) is 6.13. The Morgan fingerprint density at radius 3 is 3.06 bits per heavy atom. The van der Waals surface area contributed by atoms with E-state index in [9.17, 15) is 0 Å². The predicted molar refractivity (Wildman–Crippen MR) is 70.5 cm³/mol. The summed E-state index contributed by atoms with van der Waals surface area (Å²) in [5.41, 5.74) is 1.35. The first-order valence-corrected chi connectivity index (χ1v) is 7.05. The van der Waals surface area contributed by atoms with Crippen molar-refractivity contribution < 1.29 is 4.74 Å². The smallest absolute Gasteiger partial charge is 0.0951 e. The lowest BCUT2D eigenvalue weighted by molar-refractivity contribution is -0.0695. The summed E-state index contributed by atoms with van der Waals surface area (Å²) in [5, 5.41) is 3.57. The van der Waals surface area contributed by atoms with E-state index in [0.717, 1.165) is 26.0 Å². The molecule has 0 saturated carbocycles. The lowest BCUT2D eigenvalue weighted by Crippen LogP contribution is -2.35. The highest BCUT2D eigenvalue weighted by Crippen LogP contribution is 2.34. The van der Waals surface area contributed by atoms with Crippen molar-refractivity contribution in [3.63, 3.8) is 0 Å². The van der Waals surface area contributed by atoms with Crippen molar-refractivity contribution >= 4 is 0 Å². The van der Waals surface area contributed by atoms with E-state index in [1.165, 1.54) is 18.5 Å². The van der Waals surface area contributed by atoms with Gasteiger partial charge in [0.05, 0.1) is 17.6 Å². The number of imidazole rings is 1. The summed E-state index contributed by atoms with van der Waals surface area (Å²) in [6.07, 6.45) is 8.71. The van der Waals surface area contributed by atoms with Crippen molar-refractivity contribution in [3.05, 3.63) is 18.2 Å². The molecule has 4 heteroatoms. The van der Waals surface area contributed by atoms with Crippen molar-refractivity contribution in [1.82, 2.24) is 14.9 Å². The van der Waals surface area contributed by atoms with E-state index >= 15 is 0 Å². The summed E-state index contributed by atoms with van der Waals surface area (Å²) >= 11 is 0. The fourth-order valence-electron chi connectivity index (χ4n) is 3.26. The fourth-order valence-corrected chi connectivity index (χ4v) is 3.26. The van der Waals surface area contributed by atoms with Crippen molar-refractivity contribution in [2.75, 3.05) is 13.2 Å². The van der Waals surface area contributed by atoms with Crippen LogP contribution in [0.4, 0.5) is 0 Å². The van der Waals surface area contributed by atoms with Crippen molar-refractivity contribution in [2.24, 2.45) is 0 Å². The number of nitrogens with zero attached hydrogens (tertiary/aromatic N) is 2. The van der Waals surface area contributed by atoms with E-state index in [1.54, 1.807) is 0 Å².